The van der Waals surface area contributed by atoms with Gasteiger partial charge in [0.2, 0.25) is 5.91 Å². The van der Waals surface area contributed by atoms with Crippen molar-refractivity contribution in [3.05, 3.63) is 53.1 Å². The van der Waals surface area contributed by atoms with E-state index in [9.17, 15) is 22.8 Å². The summed E-state index contributed by atoms with van der Waals surface area (Å²) in [5, 5.41) is 4.48. The Morgan fingerprint density at radius 1 is 1.04 bits per heavy atom. The molecule has 0 atom stereocenters. The number of benzene rings is 2. The van der Waals surface area contributed by atoms with Crippen LogP contribution in [-0.4, -0.2) is 18.4 Å². The molecule has 5 nitrogen and oxygen atoms in total. The standard InChI is InChI=1S/C19H19F3N2O3/c1-11-4-7-17(12(2)8-11)27-10-18(26)24-16-6-5-14(23-13(3)25)9-15(16)19(20,21)22/h4-9H,10H2,1-3H3,(H,23,25)(H,24,26). The van der Waals surface area contributed by atoms with E-state index in [-0.39, 0.29) is 5.69 Å². The summed E-state index contributed by atoms with van der Waals surface area (Å²) < 4.78 is 45.2. The van der Waals surface area contributed by atoms with Crippen molar-refractivity contribution in [1.82, 2.24) is 0 Å². The summed E-state index contributed by atoms with van der Waals surface area (Å²) >= 11 is 0. The van der Waals surface area contributed by atoms with Crippen LogP contribution in [0.5, 0.6) is 5.75 Å². The minimum atomic E-state index is -4.70. The van der Waals surface area contributed by atoms with Crippen LogP contribution >= 0.6 is 0 Å². The Morgan fingerprint density at radius 3 is 2.33 bits per heavy atom. The third-order valence-electron chi connectivity index (χ3n) is 3.61. The van der Waals surface area contributed by atoms with Crippen molar-refractivity contribution in [3.63, 3.8) is 0 Å². The SMILES string of the molecule is CC(=O)Nc1ccc(NC(=O)COc2ccc(C)cc2C)c(C(F)(F)F)c1. The van der Waals surface area contributed by atoms with Crippen LogP contribution in [0.3, 0.4) is 0 Å². The van der Waals surface area contributed by atoms with E-state index in [1.54, 1.807) is 6.07 Å². The second-order valence-corrected chi connectivity index (χ2v) is 6.05. The third kappa shape index (κ3) is 5.73. The van der Waals surface area contributed by atoms with Crippen LogP contribution in [0.2, 0.25) is 0 Å². The fourth-order valence-corrected chi connectivity index (χ4v) is 2.46. The van der Waals surface area contributed by atoms with Crippen molar-refractivity contribution in [3.8, 4) is 5.75 Å². The molecule has 2 N–H and O–H groups in total. The average molecular weight is 380 g/mol. The highest BCUT2D eigenvalue weighted by molar-refractivity contribution is 5.94. The van der Waals surface area contributed by atoms with Gasteiger partial charge in [-0.15, -0.1) is 0 Å². The van der Waals surface area contributed by atoms with Crippen LogP contribution in [-0.2, 0) is 15.8 Å². The van der Waals surface area contributed by atoms with Gasteiger partial charge in [-0.2, -0.15) is 13.2 Å². The van der Waals surface area contributed by atoms with Crippen LogP contribution < -0.4 is 15.4 Å². The van der Waals surface area contributed by atoms with E-state index in [0.717, 1.165) is 23.3 Å². The molecular weight excluding hydrogens is 361 g/mol. The molecule has 0 aliphatic carbocycles. The topological polar surface area (TPSA) is 67.4 Å². The van der Waals surface area contributed by atoms with Crippen molar-refractivity contribution in [2.45, 2.75) is 26.9 Å². The Kier molecular flexibility index (Phi) is 6.09. The molecule has 0 saturated carbocycles. The fraction of sp³-hybridized carbons (Fsp3) is 0.263. The summed E-state index contributed by atoms with van der Waals surface area (Å²) in [5.74, 6) is -0.748. The summed E-state index contributed by atoms with van der Waals surface area (Å²) in [6.45, 7) is 4.47. The van der Waals surface area contributed by atoms with E-state index in [0.29, 0.717) is 5.75 Å². The molecule has 0 aliphatic rings. The minimum absolute atomic E-state index is 0.0145. The first kappa shape index (κ1) is 20.3. The smallest absolute Gasteiger partial charge is 0.418 e. The molecule has 2 rings (SSSR count). The van der Waals surface area contributed by atoms with Gasteiger partial charge in [0, 0.05) is 12.6 Å². The highest BCUT2D eigenvalue weighted by atomic mass is 19.4. The van der Waals surface area contributed by atoms with Gasteiger partial charge in [-0.25, -0.2) is 0 Å². The number of rotatable bonds is 5. The average Bonchev–Trinajstić information content (AvgIpc) is 2.54. The monoisotopic (exact) mass is 380 g/mol. The zero-order valence-corrected chi connectivity index (χ0v) is 15.0. The van der Waals surface area contributed by atoms with Crippen molar-refractivity contribution in [2.24, 2.45) is 0 Å². The molecule has 2 aromatic rings. The normalized spacial score (nSPS) is 11.0. The number of amides is 2. The lowest BCUT2D eigenvalue weighted by Crippen LogP contribution is -2.22. The molecule has 0 aliphatic heterocycles. The summed E-state index contributed by atoms with van der Waals surface area (Å²) in [6, 6.07) is 8.50. The van der Waals surface area contributed by atoms with E-state index in [1.165, 1.54) is 13.0 Å². The van der Waals surface area contributed by atoms with E-state index in [1.807, 2.05) is 26.0 Å². The zero-order valence-electron chi connectivity index (χ0n) is 15.0. The molecule has 0 bridgehead atoms. The number of alkyl halides is 3. The number of hydrogen-bond acceptors (Lipinski definition) is 3. The molecule has 2 aromatic carbocycles. The molecule has 8 heteroatoms. The van der Waals surface area contributed by atoms with Gasteiger partial charge < -0.3 is 15.4 Å². The van der Waals surface area contributed by atoms with Crippen LogP contribution in [0.25, 0.3) is 0 Å². The molecule has 0 unspecified atom stereocenters. The minimum Gasteiger partial charge on any atom is -0.483 e. The largest absolute Gasteiger partial charge is 0.483 e. The van der Waals surface area contributed by atoms with Crippen LogP contribution in [0.4, 0.5) is 24.5 Å². The Balaban J connectivity index is 2.13. The van der Waals surface area contributed by atoms with Gasteiger partial charge in [0.15, 0.2) is 6.61 Å². The first-order valence-corrected chi connectivity index (χ1v) is 8.05. The van der Waals surface area contributed by atoms with Gasteiger partial charge in [0.25, 0.3) is 5.91 Å². The second-order valence-electron chi connectivity index (χ2n) is 6.05. The van der Waals surface area contributed by atoms with Gasteiger partial charge in [-0.05, 0) is 43.7 Å². The predicted octanol–water partition coefficient (Wildman–Crippen LogP) is 4.30. The van der Waals surface area contributed by atoms with Crippen molar-refractivity contribution >= 4 is 23.2 Å². The number of hydrogen-bond donors (Lipinski definition) is 2. The number of nitrogens with one attached hydrogen (secondary N) is 2. The molecule has 0 aromatic heterocycles. The number of ether oxygens (including phenoxy) is 1. The third-order valence-corrected chi connectivity index (χ3v) is 3.61. The molecule has 27 heavy (non-hydrogen) atoms. The summed E-state index contributed by atoms with van der Waals surface area (Å²) in [7, 11) is 0. The molecular formula is C19H19F3N2O3. The lowest BCUT2D eigenvalue weighted by atomic mass is 10.1. The summed E-state index contributed by atoms with van der Waals surface area (Å²) in [6.07, 6.45) is -4.70. The summed E-state index contributed by atoms with van der Waals surface area (Å²) in [5.41, 5.74) is 0.357. The van der Waals surface area contributed by atoms with Gasteiger partial charge in [0.1, 0.15) is 5.75 Å². The highest BCUT2D eigenvalue weighted by Gasteiger charge is 2.34. The maximum Gasteiger partial charge on any atom is 0.418 e. The van der Waals surface area contributed by atoms with Crippen LogP contribution in [0.1, 0.15) is 23.6 Å². The first-order chi connectivity index (χ1) is 12.6. The first-order valence-electron chi connectivity index (χ1n) is 8.05. The molecule has 0 heterocycles. The fourth-order valence-electron chi connectivity index (χ4n) is 2.46. The molecule has 2 amide bonds. The van der Waals surface area contributed by atoms with Crippen molar-refractivity contribution in [2.75, 3.05) is 17.2 Å². The summed E-state index contributed by atoms with van der Waals surface area (Å²) in [4.78, 5) is 23.1. The molecule has 0 fully saturated rings. The molecule has 144 valence electrons. The van der Waals surface area contributed by atoms with Gasteiger partial charge in [-0.1, -0.05) is 17.7 Å². The number of anilines is 2. The highest BCUT2D eigenvalue weighted by Crippen LogP contribution is 2.36. The van der Waals surface area contributed by atoms with E-state index < -0.39 is 35.8 Å². The Hall–Kier alpha value is -3.03. The molecule has 0 saturated heterocycles. The second kappa shape index (κ2) is 8.11. The van der Waals surface area contributed by atoms with E-state index >= 15 is 0 Å². The van der Waals surface area contributed by atoms with Gasteiger partial charge in [-0.3, -0.25) is 9.59 Å². The molecule has 0 spiro atoms. The van der Waals surface area contributed by atoms with Gasteiger partial charge in [0.05, 0.1) is 11.3 Å². The van der Waals surface area contributed by atoms with E-state index in [2.05, 4.69) is 10.6 Å². The molecule has 0 radical (unpaired) electrons. The number of aryl methyl sites for hydroxylation is 2. The number of halogens is 3. The lowest BCUT2D eigenvalue weighted by Gasteiger charge is -2.16. The van der Waals surface area contributed by atoms with Crippen molar-refractivity contribution < 1.29 is 27.5 Å². The zero-order chi connectivity index (χ0) is 20.2. The predicted molar refractivity (Wildman–Crippen MR) is 95.8 cm³/mol. The Morgan fingerprint density at radius 2 is 1.74 bits per heavy atom. The maximum absolute atomic E-state index is 13.3. The Labute approximate surface area is 154 Å². The van der Waals surface area contributed by atoms with Crippen molar-refractivity contribution in [1.29, 1.82) is 0 Å². The quantitative estimate of drug-likeness (QED) is 0.813. The number of carbonyl (C=O) groups excluding carboxylic acids is 2. The van der Waals surface area contributed by atoms with E-state index in [4.69, 9.17) is 4.74 Å². The Bertz CT molecular complexity index is 864. The van der Waals surface area contributed by atoms with Gasteiger partial charge >= 0.3 is 6.18 Å². The lowest BCUT2D eigenvalue weighted by molar-refractivity contribution is -0.137. The van der Waals surface area contributed by atoms with Crippen LogP contribution in [0, 0.1) is 13.8 Å². The maximum atomic E-state index is 13.3. The van der Waals surface area contributed by atoms with Crippen LogP contribution in [0.15, 0.2) is 36.4 Å². The number of carbonyl (C=O) groups is 2.